The van der Waals surface area contributed by atoms with E-state index < -0.39 is 0 Å². The lowest BCUT2D eigenvalue weighted by Crippen LogP contribution is -2.23. The van der Waals surface area contributed by atoms with Crippen LogP contribution in [-0.2, 0) is 0 Å². The molecule has 0 fully saturated rings. The van der Waals surface area contributed by atoms with Gasteiger partial charge in [0.05, 0.1) is 16.0 Å². The van der Waals surface area contributed by atoms with Gasteiger partial charge in [-0.25, -0.2) is 0 Å². The molecule has 0 saturated heterocycles. The summed E-state index contributed by atoms with van der Waals surface area (Å²) < 4.78 is 0.801. The number of nitrogens with two attached hydrogens (primary N) is 1. The Balaban J connectivity index is 2.74. The van der Waals surface area contributed by atoms with Crippen LogP contribution in [0.5, 0.6) is 0 Å². The second-order valence-corrected chi connectivity index (χ2v) is 3.65. The van der Waals surface area contributed by atoms with Crippen molar-refractivity contribution >= 4 is 27.9 Å². The number of hydrogen-bond acceptors (Lipinski definition) is 3. The van der Waals surface area contributed by atoms with Crippen LogP contribution in [0, 0.1) is 0 Å². The Labute approximate surface area is 69.2 Å². The van der Waals surface area contributed by atoms with Crippen molar-refractivity contribution in [2.75, 3.05) is 18.6 Å². The Morgan fingerprint density at radius 3 is 2.80 bits per heavy atom. The quantitative estimate of drug-likeness (QED) is 0.696. The van der Waals surface area contributed by atoms with Gasteiger partial charge >= 0.3 is 0 Å². The molecule has 1 heterocycles. The fraction of sp³-hybridized carbons (Fsp3) is 0.333. The van der Waals surface area contributed by atoms with Crippen molar-refractivity contribution in [3.05, 3.63) is 16.5 Å². The van der Waals surface area contributed by atoms with E-state index >= 15 is 0 Å². The average Bonchev–Trinajstić information content (AvgIpc) is 2.34. The molecule has 0 atom stereocenters. The third-order valence-corrected chi connectivity index (χ3v) is 2.55. The van der Waals surface area contributed by atoms with Crippen LogP contribution in [0.15, 0.2) is 12.1 Å². The maximum atomic E-state index is 5.71. The lowest BCUT2D eigenvalue weighted by atomic mass is 10.6. The normalized spacial score (nSPS) is 9.90. The summed E-state index contributed by atoms with van der Waals surface area (Å²) in [7, 11) is 1.93. The minimum atomic E-state index is 0.525. The third-order valence-electron chi connectivity index (χ3n) is 1.21. The topological polar surface area (TPSA) is 29.3 Å². The van der Waals surface area contributed by atoms with Crippen LogP contribution in [0.4, 0.5) is 5.00 Å². The molecular formula is C6H9ClN2S. The van der Waals surface area contributed by atoms with Crippen LogP contribution in [0.3, 0.4) is 0 Å². The zero-order valence-electron chi connectivity index (χ0n) is 5.67. The Morgan fingerprint density at radius 1 is 1.70 bits per heavy atom. The van der Waals surface area contributed by atoms with Crippen molar-refractivity contribution in [3.8, 4) is 0 Å². The predicted molar refractivity (Wildman–Crippen MR) is 46.8 cm³/mol. The Morgan fingerprint density at radius 2 is 2.40 bits per heavy atom. The molecule has 1 aromatic rings. The van der Waals surface area contributed by atoms with Crippen LogP contribution < -0.4 is 10.6 Å². The molecule has 0 saturated carbocycles. The summed E-state index contributed by atoms with van der Waals surface area (Å²) in [4.78, 5) is 1.94. The first-order valence-electron chi connectivity index (χ1n) is 2.90. The van der Waals surface area contributed by atoms with Gasteiger partial charge in [-0.3, -0.25) is 0 Å². The summed E-state index contributed by atoms with van der Waals surface area (Å²) >= 11 is 7.24. The van der Waals surface area contributed by atoms with Crippen LogP contribution in [0.1, 0.15) is 0 Å². The number of thiophene rings is 1. The van der Waals surface area contributed by atoms with E-state index in [4.69, 9.17) is 17.3 Å². The smallest absolute Gasteiger partial charge is 0.0950 e. The SMILES string of the molecule is CN(CN)c1ccc(Cl)s1. The van der Waals surface area contributed by atoms with Crippen LogP contribution >= 0.6 is 22.9 Å². The molecule has 10 heavy (non-hydrogen) atoms. The fourth-order valence-corrected chi connectivity index (χ4v) is 1.60. The molecule has 56 valence electrons. The van der Waals surface area contributed by atoms with Gasteiger partial charge in [0, 0.05) is 7.05 Å². The molecule has 2 N–H and O–H groups in total. The van der Waals surface area contributed by atoms with E-state index in [0.29, 0.717) is 6.67 Å². The van der Waals surface area contributed by atoms with Gasteiger partial charge in [0.1, 0.15) is 0 Å². The van der Waals surface area contributed by atoms with E-state index in [2.05, 4.69) is 0 Å². The molecule has 0 bridgehead atoms. The van der Waals surface area contributed by atoms with Gasteiger partial charge < -0.3 is 10.6 Å². The van der Waals surface area contributed by atoms with E-state index in [-0.39, 0.29) is 0 Å². The molecule has 2 nitrogen and oxygen atoms in total. The van der Waals surface area contributed by atoms with Crippen molar-refractivity contribution in [2.45, 2.75) is 0 Å². The van der Waals surface area contributed by atoms with Crippen molar-refractivity contribution in [1.82, 2.24) is 0 Å². The van der Waals surface area contributed by atoms with Crippen molar-refractivity contribution in [1.29, 1.82) is 0 Å². The number of nitrogens with zero attached hydrogens (tertiary/aromatic N) is 1. The summed E-state index contributed by atoms with van der Waals surface area (Å²) in [6.07, 6.45) is 0. The Bertz CT molecular complexity index is 211. The fourth-order valence-electron chi connectivity index (χ4n) is 0.600. The minimum absolute atomic E-state index is 0.525. The first kappa shape index (κ1) is 7.85. The Hall–Kier alpha value is -0.250. The summed E-state index contributed by atoms with van der Waals surface area (Å²) in [5.74, 6) is 0. The highest BCUT2D eigenvalue weighted by molar-refractivity contribution is 7.19. The molecule has 0 aliphatic heterocycles. The van der Waals surface area contributed by atoms with Crippen molar-refractivity contribution in [2.24, 2.45) is 5.73 Å². The highest BCUT2D eigenvalue weighted by Crippen LogP contribution is 2.27. The number of anilines is 1. The van der Waals surface area contributed by atoms with Gasteiger partial charge in [0.25, 0.3) is 0 Å². The second kappa shape index (κ2) is 3.23. The molecule has 0 unspecified atom stereocenters. The van der Waals surface area contributed by atoms with Gasteiger partial charge in [0.15, 0.2) is 0 Å². The monoisotopic (exact) mass is 176 g/mol. The van der Waals surface area contributed by atoms with E-state index in [9.17, 15) is 0 Å². The maximum absolute atomic E-state index is 5.71. The van der Waals surface area contributed by atoms with Gasteiger partial charge in [0.2, 0.25) is 0 Å². The van der Waals surface area contributed by atoms with E-state index in [1.807, 2.05) is 24.1 Å². The van der Waals surface area contributed by atoms with E-state index in [1.54, 1.807) is 0 Å². The summed E-state index contributed by atoms with van der Waals surface area (Å²) in [6, 6.07) is 3.83. The largest absolute Gasteiger partial charge is 0.354 e. The highest BCUT2D eigenvalue weighted by atomic mass is 35.5. The van der Waals surface area contributed by atoms with Crippen molar-refractivity contribution in [3.63, 3.8) is 0 Å². The molecule has 1 rings (SSSR count). The van der Waals surface area contributed by atoms with Crippen LogP contribution in [-0.4, -0.2) is 13.7 Å². The number of hydrogen-bond donors (Lipinski definition) is 1. The molecule has 4 heteroatoms. The highest BCUT2D eigenvalue weighted by Gasteiger charge is 2.00. The lowest BCUT2D eigenvalue weighted by Gasteiger charge is -2.12. The first-order valence-corrected chi connectivity index (χ1v) is 4.10. The number of halogens is 1. The average molecular weight is 177 g/mol. The third kappa shape index (κ3) is 1.62. The minimum Gasteiger partial charge on any atom is -0.354 e. The second-order valence-electron chi connectivity index (χ2n) is 1.96. The number of rotatable bonds is 2. The van der Waals surface area contributed by atoms with Gasteiger partial charge in [-0.05, 0) is 12.1 Å². The zero-order valence-corrected chi connectivity index (χ0v) is 7.25. The van der Waals surface area contributed by atoms with E-state index in [0.717, 1.165) is 9.34 Å². The summed E-state index contributed by atoms with van der Waals surface area (Å²) in [6.45, 7) is 0.525. The van der Waals surface area contributed by atoms with Gasteiger partial charge in [-0.15, -0.1) is 11.3 Å². The summed E-state index contributed by atoms with van der Waals surface area (Å²) in [5, 5.41) is 1.10. The molecule has 0 spiro atoms. The molecule has 0 aliphatic rings. The zero-order chi connectivity index (χ0) is 7.56. The van der Waals surface area contributed by atoms with Crippen LogP contribution in [0.25, 0.3) is 0 Å². The summed E-state index contributed by atoms with van der Waals surface area (Å²) in [5.41, 5.74) is 5.40. The van der Waals surface area contributed by atoms with E-state index in [1.165, 1.54) is 11.3 Å². The molecule has 0 radical (unpaired) electrons. The molecule has 1 aromatic heterocycles. The van der Waals surface area contributed by atoms with Gasteiger partial charge in [-0.2, -0.15) is 0 Å². The van der Waals surface area contributed by atoms with Crippen LogP contribution in [0.2, 0.25) is 4.34 Å². The molecule has 0 aromatic carbocycles. The lowest BCUT2D eigenvalue weighted by molar-refractivity contribution is 0.944. The Kier molecular flexibility index (Phi) is 2.54. The first-order chi connectivity index (χ1) is 4.74. The standard InChI is InChI=1S/C6H9ClN2S/c1-9(4-8)6-3-2-5(7)10-6/h2-3H,4,8H2,1H3. The molecule has 0 amide bonds. The van der Waals surface area contributed by atoms with Crippen molar-refractivity contribution < 1.29 is 0 Å². The molecule has 0 aliphatic carbocycles. The van der Waals surface area contributed by atoms with Gasteiger partial charge in [-0.1, -0.05) is 11.6 Å². The predicted octanol–water partition coefficient (Wildman–Crippen LogP) is 1.75. The maximum Gasteiger partial charge on any atom is 0.0950 e. The molecular weight excluding hydrogens is 168 g/mol.